The molecule has 120 valence electrons. The molecule has 0 amide bonds. The second kappa shape index (κ2) is 8.14. The van der Waals surface area contributed by atoms with E-state index in [1.807, 2.05) is 54.6 Å². The third-order valence-corrected chi connectivity index (χ3v) is 3.98. The summed E-state index contributed by atoms with van der Waals surface area (Å²) in [5.74, 6) is 0. The molecule has 0 N–H and O–H groups in total. The molecule has 3 rings (SSSR count). The molecule has 2 aromatic carbocycles. The standard InChI is InChI=1S/C21H20N2O/c22-16-20(18-7-3-1-4-8-18)15-21(19-9-5-2-6-10-19)17-23-11-13-24-14-12-23/h1-10,15,17H,11-14H2/b20-15+,21-17-. The Balaban J connectivity index is 1.99. The van der Waals surface area contributed by atoms with Crippen LogP contribution in [0.2, 0.25) is 0 Å². The molecule has 0 bridgehead atoms. The molecular formula is C21H20N2O. The van der Waals surface area contributed by atoms with E-state index in [4.69, 9.17) is 4.74 Å². The molecule has 3 nitrogen and oxygen atoms in total. The highest BCUT2D eigenvalue weighted by atomic mass is 16.5. The predicted molar refractivity (Wildman–Crippen MR) is 96.8 cm³/mol. The van der Waals surface area contributed by atoms with Crippen LogP contribution in [0.15, 0.2) is 72.9 Å². The van der Waals surface area contributed by atoms with Crippen LogP contribution >= 0.6 is 0 Å². The van der Waals surface area contributed by atoms with E-state index >= 15 is 0 Å². The highest BCUT2D eigenvalue weighted by molar-refractivity contribution is 5.88. The zero-order valence-corrected chi connectivity index (χ0v) is 13.6. The quantitative estimate of drug-likeness (QED) is 0.632. The zero-order chi connectivity index (χ0) is 16.6. The van der Waals surface area contributed by atoms with Crippen LogP contribution in [0.4, 0.5) is 0 Å². The Hall–Kier alpha value is -2.83. The molecule has 1 aliphatic rings. The van der Waals surface area contributed by atoms with Crippen LogP contribution in [0, 0.1) is 11.3 Å². The molecule has 1 heterocycles. The Morgan fingerprint density at radius 1 is 0.917 bits per heavy atom. The number of nitriles is 1. The molecule has 24 heavy (non-hydrogen) atoms. The molecular weight excluding hydrogens is 296 g/mol. The fourth-order valence-electron chi connectivity index (χ4n) is 2.68. The van der Waals surface area contributed by atoms with E-state index in [1.54, 1.807) is 0 Å². The molecule has 0 radical (unpaired) electrons. The maximum atomic E-state index is 9.60. The molecule has 0 atom stereocenters. The summed E-state index contributed by atoms with van der Waals surface area (Å²) >= 11 is 0. The van der Waals surface area contributed by atoms with Gasteiger partial charge in [-0.3, -0.25) is 0 Å². The first kappa shape index (κ1) is 16.0. The van der Waals surface area contributed by atoms with Crippen molar-refractivity contribution in [3.8, 4) is 6.07 Å². The number of ether oxygens (including phenoxy) is 1. The predicted octanol–water partition coefficient (Wildman–Crippen LogP) is 3.97. The summed E-state index contributed by atoms with van der Waals surface area (Å²) in [5.41, 5.74) is 3.74. The first-order valence-electron chi connectivity index (χ1n) is 8.13. The molecule has 0 unspecified atom stereocenters. The van der Waals surface area contributed by atoms with E-state index < -0.39 is 0 Å². The van der Waals surface area contributed by atoms with E-state index in [1.165, 1.54) is 0 Å². The average Bonchev–Trinajstić information content (AvgIpc) is 2.67. The minimum Gasteiger partial charge on any atom is -0.378 e. The SMILES string of the molecule is N#C/C(=C\C(=C\N1CCOCC1)c1ccccc1)c1ccccc1. The van der Waals surface area contributed by atoms with Gasteiger partial charge in [-0.15, -0.1) is 0 Å². The molecule has 0 aromatic heterocycles. The number of hydrogen-bond donors (Lipinski definition) is 0. The molecule has 1 saturated heterocycles. The second-order valence-electron chi connectivity index (χ2n) is 5.63. The largest absolute Gasteiger partial charge is 0.378 e. The van der Waals surface area contributed by atoms with Crippen LogP contribution in [-0.2, 0) is 4.74 Å². The first-order chi connectivity index (χ1) is 11.9. The highest BCUT2D eigenvalue weighted by Gasteiger charge is 2.10. The lowest BCUT2D eigenvalue weighted by Gasteiger charge is -2.26. The Morgan fingerprint density at radius 2 is 1.50 bits per heavy atom. The number of allylic oxidation sites excluding steroid dienone is 3. The van der Waals surface area contributed by atoms with Gasteiger partial charge in [0.05, 0.1) is 24.9 Å². The van der Waals surface area contributed by atoms with Crippen molar-refractivity contribution >= 4 is 11.1 Å². The number of rotatable bonds is 4. The van der Waals surface area contributed by atoms with E-state index in [0.717, 1.165) is 43.0 Å². The van der Waals surface area contributed by atoms with Gasteiger partial charge in [-0.2, -0.15) is 5.26 Å². The third-order valence-electron chi connectivity index (χ3n) is 3.98. The van der Waals surface area contributed by atoms with E-state index in [0.29, 0.717) is 5.57 Å². The van der Waals surface area contributed by atoms with Gasteiger partial charge in [0.25, 0.3) is 0 Å². The fraction of sp³-hybridized carbons (Fsp3) is 0.190. The lowest BCUT2D eigenvalue weighted by Crippen LogP contribution is -2.32. The topological polar surface area (TPSA) is 36.3 Å². The summed E-state index contributed by atoms with van der Waals surface area (Å²) in [6.45, 7) is 3.23. The van der Waals surface area contributed by atoms with E-state index in [9.17, 15) is 5.26 Å². The van der Waals surface area contributed by atoms with Crippen molar-refractivity contribution < 1.29 is 4.74 Å². The van der Waals surface area contributed by atoms with Gasteiger partial charge < -0.3 is 9.64 Å². The van der Waals surface area contributed by atoms with Gasteiger partial charge in [-0.25, -0.2) is 0 Å². The summed E-state index contributed by atoms with van der Waals surface area (Å²) in [5, 5.41) is 9.60. The van der Waals surface area contributed by atoms with Gasteiger partial charge in [-0.05, 0) is 22.8 Å². The molecule has 0 saturated carbocycles. The molecule has 0 spiro atoms. The smallest absolute Gasteiger partial charge is 0.0998 e. The molecule has 0 aliphatic carbocycles. The Bertz CT molecular complexity index is 751. The van der Waals surface area contributed by atoms with Crippen LogP contribution in [0.5, 0.6) is 0 Å². The maximum Gasteiger partial charge on any atom is 0.0998 e. The average molecular weight is 316 g/mol. The molecule has 1 fully saturated rings. The highest BCUT2D eigenvalue weighted by Crippen LogP contribution is 2.23. The van der Waals surface area contributed by atoms with E-state index in [-0.39, 0.29) is 0 Å². The lowest BCUT2D eigenvalue weighted by atomic mass is 10.00. The van der Waals surface area contributed by atoms with Crippen molar-refractivity contribution in [3.63, 3.8) is 0 Å². The summed E-state index contributed by atoms with van der Waals surface area (Å²) in [4.78, 5) is 2.25. The molecule has 2 aromatic rings. The van der Waals surface area contributed by atoms with Crippen molar-refractivity contribution in [1.29, 1.82) is 5.26 Å². The maximum absolute atomic E-state index is 9.60. The van der Waals surface area contributed by atoms with Gasteiger partial charge in [-0.1, -0.05) is 60.7 Å². The van der Waals surface area contributed by atoms with Gasteiger partial charge in [0.15, 0.2) is 0 Å². The van der Waals surface area contributed by atoms with Crippen molar-refractivity contribution in [2.45, 2.75) is 0 Å². The van der Waals surface area contributed by atoms with Crippen LogP contribution in [-0.4, -0.2) is 31.2 Å². The lowest BCUT2D eigenvalue weighted by molar-refractivity contribution is 0.0596. The minimum atomic E-state index is 0.666. The normalized spacial score (nSPS) is 15.9. The van der Waals surface area contributed by atoms with Crippen molar-refractivity contribution in [2.75, 3.05) is 26.3 Å². The van der Waals surface area contributed by atoms with Crippen LogP contribution in [0.1, 0.15) is 11.1 Å². The number of hydrogen-bond acceptors (Lipinski definition) is 3. The Kier molecular flexibility index (Phi) is 5.44. The van der Waals surface area contributed by atoms with Crippen LogP contribution in [0.25, 0.3) is 11.1 Å². The van der Waals surface area contributed by atoms with Gasteiger partial charge in [0.2, 0.25) is 0 Å². The molecule has 1 aliphatic heterocycles. The van der Waals surface area contributed by atoms with Crippen LogP contribution < -0.4 is 0 Å². The summed E-state index contributed by atoms with van der Waals surface area (Å²) in [6, 6.07) is 22.3. The van der Waals surface area contributed by atoms with Crippen molar-refractivity contribution in [3.05, 3.63) is 84.1 Å². The minimum absolute atomic E-state index is 0.666. The summed E-state index contributed by atoms with van der Waals surface area (Å²) < 4.78 is 5.42. The number of morpholine rings is 1. The Labute approximate surface area is 143 Å². The van der Waals surface area contributed by atoms with Crippen molar-refractivity contribution in [1.82, 2.24) is 4.90 Å². The van der Waals surface area contributed by atoms with Gasteiger partial charge in [0.1, 0.15) is 0 Å². The van der Waals surface area contributed by atoms with Gasteiger partial charge in [0, 0.05) is 19.3 Å². The van der Waals surface area contributed by atoms with Crippen LogP contribution in [0.3, 0.4) is 0 Å². The van der Waals surface area contributed by atoms with Crippen molar-refractivity contribution in [2.24, 2.45) is 0 Å². The Morgan fingerprint density at radius 3 is 2.08 bits per heavy atom. The second-order valence-corrected chi connectivity index (χ2v) is 5.63. The molecule has 3 heteroatoms. The zero-order valence-electron chi connectivity index (χ0n) is 13.6. The summed E-state index contributed by atoms with van der Waals surface area (Å²) in [6.07, 6.45) is 4.11. The number of benzene rings is 2. The third kappa shape index (κ3) is 4.13. The van der Waals surface area contributed by atoms with E-state index in [2.05, 4.69) is 29.3 Å². The first-order valence-corrected chi connectivity index (χ1v) is 8.13. The van der Waals surface area contributed by atoms with Gasteiger partial charge >= 0.3 is 0 Å². The number of nitrogens with zero attached hydrogens (tertiary/aromatic N) is 2. The fourth-order valence-corrected chi connectivity index (χ4v) is 2.68. The monoisotopic (exact) mass is 316 g/mol. The summed E-state index contributed by atoms with van der Waals surface area (Å²) in [7, 11) is 0.